The van der Waals surface area contributed by atoms with E-state index in [1.54, 1.807) is 7.11 Å². The van der Waals surface area contributed by atoms with E-state index in [9.17, 15) is 0 Å². The van der Waals surface area contributed by atoms with Crippen molar-refractivity contribution in [3.8, 4) is 17.1 Å². The highest BCUT2D eigenvalue weighted by atomic mass is 32.2. The summed E-state index contributed by atoms with van der Waals surface area (Å²) in [5.74, 6) is 4.22. The van der Waals surface area contributed by atoms with Crippen LogP contribution in [0.15, 0.2) is 33.8 Å². The molecular weight excluding hydrogens is 386 g/mol. The first-order valence-electron chi connectivity index (χ1n) is 10.2. The summed E-state index contributed by atoms with van der Waals surface area (Å²) in [6.45, 7) is 1.87. The van der Waals surface area contributed by atoms with Crippen molar-refractivity contribution in [3.63, 3.8) is 0 Å². The number of hydrogen-bond acceptors (Lipinski definition) is 6. The van der Waals surface area contributed by atoms with E-state index in [0.29, 0.717) is 11.7 Å². The van der Waals surface area contributed by atoms with Crippen LogP contribution in [0.25, 0.3) is 11.4 Å². The van der Waals surface area contributed by atoms with Gasteiger partial charge in [0.15, 0.2) is 5.96 Å². The number of unbranched alkanes of at least 4 members (excludes halogenated alkanes) is 3. The quantitative estimate of drug-likeness (QED) is 0.290. The highest BCUT2D eigenvalue weighted by Gasteiger charge is 2.08. The van der Waals surface area contributed by atoms with Gasteiger partial charge < -0.3 is 19.9 Å². The van der Waals surface area contributed by atoms with Gasteiger partial charge in [0.05, 0.1) is 7.11 Å². The zero-order valence-electron chi connectivity index (χ0n) is 17.7. The lowest BCUT2D eigenvalue weighted by Gasteiger charge is -2.11. The number of ether oxygens (including phenoxy) is 1. The molecule has 0 unspecified atom stereocenters. The van der Waals surface area contributed by atoms with Crippen LogP contribution in [0, 0.1) is 0 Å². The smallest absolute Gasteiger partial charge is 0.226 e. The third-order valence-corrected chi connectivity index (χ3v) is 5.16. The first-order chi connectivity index (χ1) is 14.3. The highest BCUT2D eigenvalue weighted by Crippen LogP contribution is 2.20. The maximum absolute atomic E-state index is 5.37. The van der Waals surface area contributed by atoms with Gasteiger partial charge in [-0.2, -0.15) is 16.7 Å². The van der Waals surface area contributed by atoms with Crippen LogP contribution in [0.4, 0.5) is 0 Å². The maximum atomic E-state index is 5.37. The molecule has 0 saturated carbocycles. The maximum Gasteiger partial charge on any atom is 0.226 e. The number of aryl methyl sites for hydroxylation is 1. The summed E-state index contributed by atoms with van der Waals surface area (Å²) in [4.78, 5) is 8.75. The number of guanidine groups is 1. The highest BCUT2D eigenvalue weighted by molar-refractivity contribution is 7.98. The van der Waals surface area contributed by atoms with Crippen molar-refractivity contribution in [2.24, 2.45) is 4.99 Å². The molecule has 0 amide bonds. The standard InChI is InChI=1S/C21H33N5O2S/c1-22-21(24-15-7-8-16-29-3)23-14-6-4-5-9-19-25-20(26-28-19)17-10-12-18(27-2)13-11-17/h10-13H,4-9,14-16H2,1-3H3,(H2,22,23,24). The van der Waals surface area contributed by atoms with Gasteiger partial charge in [-0.1, -0.05) is 11.6 Å². The summed E-state index contributed by atoms with van der Waals surface area (Å²) >= 11 is 1.89. The summed E-state index contributed by atoms with van der Waals surface area (Å²) in [6, 6.07) is 7.66. The second-order valence-corrected chi connectivity index (χ2v) is 7.66. The van der Waals surface area contributed by atoms with Gasteiger partial charge in [0.1, 0.15) is 5.75 Å². The molecule has 2 rings (SSSR count). The number of benzene rings is 1. The second kappa shape index (κ2) is 13.9. The molecule has 0 saturated heterocycles. The van der Waals surface area contributed by atoms with Gasteiger partial charge in [0, 0.05) is 32.1 Å². The fourth-order valence-electron chi connectivity index (χ4n) is 2.80. The Labute approximate surface area is 178 Å². The SMILES string of the molecule is CN=C(NCCCCCc1nc(-c2ccc(OC)cc2)no1)NCCCCSC. The lowest BCUT2D eigenvalue weighted by molar-refractivity contribution is 0.374. The zero-order valence-corrected chi connectivity index (χ0v) is 18.6. The van der Waals surface area contributed by atoms with Crippen molar-refractivity contribution >= 4 is 17.7 Å². The van der Waals surface area contributed by atoms with E-state index in [1.807, 2.05) is 43.1 Å². The van der Waals surface area contributed by atoms with Gasteiger partial charge in [-0.25, -0.2) is 0 Å². The minimum atomic E-state index is 0.622. The molecule has 0 fully saturated rings. The predicted octanol–water partition coefficient (Wildman–Crippen LogP) is 3.77. The second-order valence-electron chi connectivity index (χ2n) is 6.68. The average Bonchev–Trinajstić information content (AvgIpc) is 3.23. The minimum Gasteiger partial charge on any atom is -0.497 e. The van der Waals surface area contributed by atoms with Crippen LogP contribution < -0.4 is 15.4 Å². The molecule has 1 heterocycles. The van der Waals surface area contributed by atoms with Crippen LogP contribution in [-0.2, 0) is 6.42 Å². The Balaban J connectivity index is 1.59. The number of methoxy groups -OCH3 is 1. The van der Waals surface area contributed by atoms with E-state index in [2.05, 4.69) is 32.0 Å². The van der Waals surface area contributed by atoms with E-state index in [4.69, 9.17) is 9.26 Å². The molecule has 0 aliphatic rings. The molecule has 7 nitrogen and oxygen atoms in total. The van der Waals surface area contributed by atoms with Crippen molar-refractivity contribution in [2.45, 2.75) is 38.5 Å². The molecule has 2 N–H and O–H groups in total. The van der Waals surface area contributed by atoms with E-state index in [0.717, 1.165) is 56.0 Å². The number of hydrogen-bond donors (Lipinski definition) is 2. The molecule has 0 spiro atoms. The third kappa shape index (κ3) is 8.77. The first kappa shape index (κ1) is 23.1. The molecule has 2 aromatic rings. The van der Waals surface area contributed by atoms with Crippen molar-refractivity contribution < 1.29 is 9.26 Å². The fourth-order valence-corrected chi connectivity index (χ4v) is 3.29. The van der Waals surface area contributed by atoms with Crippen molar-refractivity contribution in [2.75, 3.05) is 39.3 Å². The lowest BCUT2D eigenvalue weighted by Crippen LogP contribution is -2.38. The van der Waals surface area contributed by atoms with Crippen LogP contribution in [-0.4, -0.2) is 55.4 Å². The zero-order chi connectivity index (χ0) is 20.7. The Hall–Kier alpha value is -2.22. The molecule has 29 heavy (non-hydrogen) atoms. The third-order valence-electron chi connectivity index (χ3n) is 4.47. The average molecular weight is 420 g/mol. The van der Waals surface area contributed by atoms with Crippen molar-refractivity contribution in [1.29, 1.82) is 0 Å². The van der Waals surface area contributed by atoms with Crippen molar-refractivity contribution in [1.82, 2.24) is 20.8 Å². The predicted molar refractivity (Wildman–Crippen MR) is 121 cm³/mol. The van der Waals surface area contributed by atoms with Gasteiger partial charge >= 0.3 is 0 Å². The van der Waals surface area contributed by atoms with Crippen LogP contribution in [0.2, 0.25) is 0 Å². The van der Waals surface area contributed by atoms with E-state index in [-0.39, 0.29) is 0 Å². The van der Waals surface area contributed by atoms with Crippen LogP contribution >= 0.6 is 11.8 Å². The summed E-state index contributed by atoms with van der Waals surface area (Å²) in [5.41, 5.74) is 0.928. The molecule has 0 atom stereocenters. The number of nitrogens with one attached hydrogen (secondary N) is 2. The molecule has 8 heteroatoms. The number of nitrogens with zero attached hydrogens (tertiary/aromatic N) is 3. The van der Waals surface area contributed by atoms with Crippen LogP contribution in [0.3, 0.4) is 0 Å². The summed E-state index contributed by atoms with van der Waals surface area (Å²) in [7, 11) is 3.46. The number of aromatic nitrogens is 2. The number of aliphatic imine (C=N–C) groups is 1. The monoisotopic (exact) mass is 419 g/mol. The normalized spacial score (nSPS) is 11.5. The van der Waals surface area contributed by atoms with Gasteiger partial charge in [0.25, 0.3) is 0 Å². The van der Waals surface area contributed by atoms with Crippen LogP contribution in [0.1, 0.15) is 38.0 Å². The molecule has 0 aliphatic heterocycles. The number of rotatable bonds is 13. The lowest BCUT2D eigenvalue weighted by atomic mass is 10.2. The van der Waals surface area contributed by atoms with Gasteiger partial charge in [-0.15, -0.1) is 0 Å². The molecule has 1 aromatic heterocycles. The van der Waals surface area contributed by atoms with E-state index >= 15 is 0 Å². The Morgan fingerprint density at radius 1 is 1.07 bits per heavy atom. The topological polar surface area (TPSA) is 84.6 Å². The number of thioether (sulfide) groups is 1. The summed E-state index contributed by atoms with van der Waals surface area (Å²) in [6.07, 6.45) is 8.54. The van der Waals surface area contributed by atoms with E-state index < -0.39 is 0 Å². The van der Waals surface area contributed by atoms with Gasteiger partial charge in [-0.05, 0) is 62.0 Å². The fraction of sp³-hybridized carbons (Fsp3) is 0.571. The van der Waals surface area contributed by atoms with Crippen LogP contribution in [0.5, 0.6) is 5.75 Å². The molecule has 160 valence electrons. The molecular formula is C21H33N5O2S. The molecule has 0 aliphatic carbocycles. The van der Waals surface area contributed by atoms with Gasteiger partial charge in [0.2, 0.25) is 11.7 Å². The Morgan fingerprint density at radius 2 is 1.79 bits per heavy atom. The largest absolute Gasteiger partial charge is 0.497 e. The Bertz CT molecular complexity index is 718. The van der Waals surface area contributed by atoms with Crippen molar-refractivity contribution in [3.05, 3.63) is 30.2 Å². The minimum absolute atomic E-state index is 0.622. The molecule has 1 aromatic carbocycles. The summed E-state index contributed by atoms with van der Waals surface area (Å²) < 4.78 is 10.5. The Morgan fingerprint density at radius 3 is 2.45 bits per heavy atom. The van der Waals surface area contributed by atoms with Gasteiger partial charge in [-0.3, -0.25) is 4.99 Å². The molecule has 0 bridgehead atoms. The Kier molecular flexibility index (Phi) is 11.0. The molecule has 0 radical (unpaired) electrons. The van der Waals surface area contributed by atoms with E-state index in [1.165, 1.54) is 18.6 Å². The first-order valence-corrected chi connectivity index (χ1v) is 11.6. The summed E-state index contributed by atoms with van der Waals surface area (Å²) in [5, 5.41) is 10.8.